The fraction of sp³-hybridized carbons (Fsp3) is 0. The highest BCUT2D eigenvalue weighted by Crippen LogP contribution is 2.46. The second-order valence-corrected chi connectivity index (χ2v) is 14.8. The molecule has 0 radical (unpaired) electrons. The lowest BCUT2D eigenvalue weighted by Crippen LogP contribution is -2.30. The molecule has 62 heavy (non-hydrogen) atoms. The van der Waals surface area contributed by atoms with E-state index in [0.717, 1.165) is 44.2 Å². The second-order valence-electron chi connectivity index (χ2n) is 14.8. The zero-order valence-electron chi connectivity index (χ0n) is 32.7. The van der Waals surface area contributed by atoms with Crippen LogP contribution in [0.2, 0.25) is 0 Å². The van der Waals surface area contributed by atoms with Crippen LogP contribution in [0, 0.1) is 35.8 Å². The Morgan fingerprint density at radius 1 is 0.484 bits per heavy atom. The summed E-state index contributed by atoms with van der Waals surface area (Å²) in [6, 6.07) is 56.7. The number of anilines is 1. The molecule has 8 aromatic carbocycles. The number of nitriles is 2. The van der Waals surface area contributed by atoms with Gasteiger partial charge in [-0.05, 0) is 75.8 Å². The summed E-state index contributed by atoms with van der Waals surface area (Å²) >= 11 is 0. The number of carbonyl (C=O) groups is 2. The van der Waals surface area contributed by atoms with Crippen LogP contribution in [0.1, 0.15) is 31.8 Å². The predicted octanol–water partition coefficient (Wildman–Crippen LogP) is 13.1. The molecule has 1 aliphatic heterocycles. The fourth-order valence-electron chi connectivity index (χ4n) is 8.64. The Bertz CT molecular complexity index is 3370. The van der Waals surface area contributed by atoms with Gasteiger partial charge in [-0.25, -0.2) is 14.6 Å². The molecule has 0 N–H and O–H groups in total. The molecule has 8 heteroatoms. The van der Waals surface area contributed by atoms with E-state index in [0.29, 0.717) is 56.0 Å². The van der Waals surface area contributed by atoms with Crippen LogP contribution in [0.25, 0.3) is 81.7 Å². The number of fused-ring (bicyclic) bond motifs is 4. The average molecular weight is 793 g/mol. The number of carbonyl (C=O) groups excluding carboxylic acids is 2. The van der Waals surface area contributed by atoms with E-state index in [1.807, 2.05) is 126 Å². The topological polar surface area (TPSA) is 98.6 Å². The molecule has 0 atom stereocenters. The maximum atomic E-state index is 15.4. The summed E-state index contributed by atoms with van der Waals surface area (Å²) in [5.74, 6) is -0.931. The Kier molecular flexibility index (Phi) is 8.82. The van der Waals surface area contributed by atoms with Gasteiger partial charge >= 0.3 is 0 Å². The van der Waals surface area contributed by atoms with Gasteiger partial charge in [0.05, 0.1) is 58.8 Å². The smallest absolute Gasteiger partial charge is 0.268 e. The number of hydrogen-bond donors (Lipinski definition) is 0. The zero-order valence-corrected chi connectivity index (χ0v) is 32.7. The van der Waals surface area contributed by atoms with Crippen molar-refractivity contribution >= 4 is 50.7 Å². The van der Waals surface area contributed by atoms with E-state index in [9.17, 15) is 15.3 Å². The minimum Gasteiger partial charge on any atom is -0.308 e. The summed E-state index contributed by atoms with van der Waals surface area (Å²) < 4.78 is 1.98. The van der Waals surface area contributed by atoms with Crippen molar-refractivity contribution in [2.45, 2.75) is 0 Å². The lowest BCUT2D eigenvalue weighted by molar-refractivity contribution is 0.0926. The Morgan fingerprint density at radius 3 is 1.68 bits per heavy atom. The third-order valence-corrected chi connectivity index (χ3v) is 11.5. The molecule has 10 rings (SSSR count). The number of para-hydroxylation sites is 1. The second kappa shape index (κ2) is 14.8. The van der Waals surface area contributed by atoms with E-state index in [2.05, 4.69) is 21.8 Å². The van der Waals surface area contributed by atoms with E-state index in [4.69, 9.17) is 13.1 Å². The molecule has 286 valence electrons. The molecule has 0 saturated carbocycles. The van der Waals surface area contributed by atoms with Crippen LogP contribution in [0.15, 0.2) is 170 Å². The Morgan fingerprint density at radius 2 is 1.08 bits per heavy atom. The van der Waals surface area contributed by atoms with Crippen molar-refractivity contribution in [3.8, 4) is 62.3 Å². The van der Waals surface area contributed by atoms with Gasteiger partial charge in [-0.15, -0.1) is 0 Å². The molecule has 0 bridgehead atoms. The highest BCUT2D eigenvalue weighted by atomic mass is 16.2. The summed E-state index contributed by atoms with van der Waals surface area (Å²) in [5.41, 5.74) is 10.1. The summed E-state index contributed by atoms with van der Waals surface area (Å²) in [6.07, 6.45) is 0. The van der Waals surface area contributed by atoms with Gasteiger partial charge in [-0.3, -0.25) is 9.59 Å². The molecule has 1 aromatic heterocycles. The average Bonchev–Trinajstić information content (AvgIpc) is 3.79. The first-order valence-corrected chi connectivity index (χ1v) is 19.6. The summed E-state index contributed by atoms with van der Waals surface area (Å²) in [4.78, 5) is 38.9. The number of amides is 2. The van der Waals surface area contributed by atoms with Gasteiger partial charge in [0, 0.05) is 33.0 Å². The molecule has 0 saturated heterocycles. The standard InChI is InChI=1S/C54H28N6O2/c1-57-39-22-26-40(38(28-39)32-56)36-20-24-44-45-25-21-37(41-23-19-33(31-55)27-47(41)58-2)30-50(45)59(49(44)29-36)48-18-10-17-46-51(48)54(62)60(53(46)61)52-42(34-11-5-3-6-12-34)15-9-16-43(52)35-13-7-4-8-14-35/h3-30H. The Labute approximate surface area is 356 Å². The number of benzene rings is 8. The number of rotatable bonds is 6. The SMILES string of the molecule is [C-]#[N+]c1ccc(-c2ccc3c4ccc(-c5ccc(C#N)cc5[N+]#[C-])cc4n(-c4cccc5c4C(=O)N(c4c(-c6ccccc6)cccc4-c4ccccc4)C5=O)c3c2)c(C#N)c1. The normalized spacial score (nSPS) is 11.8. The first-order chi connectivity index (χ1) is 30.4. The largest absolute Gasteiger partial charge is 0.308 e. The molecule has 0 spiro atoms. The maximum absolute atomic E-state index is 15.4. The van der Waals surface area contributed by atoms with Crippen LogP contribution in [0.5, 0.6) is 0 Å². The third-order valence-electron chi connectivity index (χ3n) is 11.5. The van der Waals surface area contributed by atoms with E-state index >= 15 is 4.79 Å². The molecule has 0 fully saturated rings. The summed E-state index contributed by atoms with van der Waals surface area (Å²) in [6.45, 7) is 15.5. The van der Waals surface area contributed by atoms with E-state index in [1.54, 1.807) is 48.5 Å². The highest BCUT2D eigenvalue weighted by molar-refractivity contribution is 6.37. The van der Waals surface area contributed by atoms with Crippen molar-refractivity contribution in [1.29, 1.82) is 10.5 Å². The molecule has 0 unspecified atom stereocenters. The van der Waals surface area contributed by atoms with Crippen molar-refractivity contribution in [3.63, 3.8) is 0 Å². The number of hydrogen-bond acceptors (Lipinski definition) is 4. The van der Waals surface area contributed by atoms with Crippen molar-refractivity contribution in [3.05, 3.63) is 215 Å². The van der Waals surface area contributed by atoms with Crippen molar-refractivity contribution in [1.82, 2.24) is 4.57 Å². The minimum atomic E-state index is -0.479. The van der Waals surface area contributed by atoms with Crippen molar-refractivity contribution in [2.75, 3.05) is 4.90 Å². The van der Waals surface area contributed by atoms with Crippen molar-refractivity contribution < 1.29 is 9.59 Å². The molecule has 2 amide bonds. The summed E-state index contributed by atoms with van der Waals surface area (Å²) in [7, 11) is 0. The lowest BCUT2D eigenvalue weighted by Gasteiger charge is -2.23. The third kappa shape index (κ3) is 5.81. The lowest BCUT2D eigenvalue weighted by atomic mass is 9.95. The highest BCUT2D eigenvalue weighted by Gasteiger charge is 2.41. The van der Waals surface area contributed by atoms with E-state index < -0.39 is 11.8 Å². The molecule has 8 nitrogen and oxygen atoms in total. The number of imide groups is 1. The molecule has 9 aromatic rings. The van der Waals surface area contributed by atoms with Crippen LogP contribution >= 0.6 is 0 Å². The maximum Gasteiger partial charge on any atom is 0.268 e. The van der Waals surface area contributed by atoms with Crippen molar-refractivity contribution in [2.24, 2.45) is 0 Å². The van der Waals surface area contributed by atoms with Crippen LogP contribution in [-0.4, -0.2) is 16.4 Å². The zero-order chi connectivity index (χ0) is 42.5. The van der Waals surface area contributed by atoms with Gasteiger partial charge < -0.3 is 4.57 Å². The Hall–Kier alpha value is -9.34. The fourth-order valence-corrected chi connectivity index (χ4v) is 8.64. The predicted molar refractivity (Wildman–Crippen MR) is 242 cm³/mol. The Balaban J connectivity index is 1.24. The summed E-state index contributed by atoms with van der Waals surface area (Å²) in [5, 5.41) is 21.4. The minimum absolute atomic E-state index is 0.230. The van der Waals surface area contributed by atoms with Gasteiger partial charge in [0.1, 0.15) is 0 Å². The van der Waals surface area contributed by atoms with E-state index in [-0.39, 0.29) is 11.1 Å². The molecular formula is C54H28N6O2. The number of nitrogens with zero attached hydrogens (tertiary/aromatic N) is 6. The molecular weight excluding hydrogens is 765 g/mol. The quantitative estimate of drug-likeness (QED) is 0.124. The molecule has 1 aliphatic rings. The van der Waals surface area contributed by atoms with Crippen LogP contribution in [0.4, 0.5) is 17.1 Å². The number of aromatic nitrogens is 1. The van der Waals surface area contributed by atoms with Gasteiger partial charge in [0.25, 0.3) is 11.8 Å². The first kappa shape index (κ1) is 37.0. The van der Waals surface area contributed by atoms with Gasteiger partial charge in [-0.1, -0.05) is 127 Å². The molecule has 2 heterocycles. The molecule has 0 aliphatic carbocycles. The monoisotopic (exact) mass is 792 g/mol. The van der Waals surface area contributed by atoms with Crippen LogP contribution in [-0.2, 0) is 0 Å². The van der Waals surface area contributed by atoms with Gasteiger partial charge in [0.15, 0.2) is 11.4 Å². The van der Waals surface area contributed by atoms with Crippen LogP contribution < -0.4 is 4.90 Å². The van der Waals surface area contributed by atoms with Gasteiger partial charge in [0.2, 0.25) is 0 Å². The van der Waals surface area contributed by atoms with Crippen LogP contribution in [0.3, 0.4) is 0 Å². The first-order valence-electron chi connectivity index (χ1n) is 19.6. The van der Waals surface area contributed by atoms with E-state index in [1.165, 1.54) is 4.90 Å². The van der Waals surface area contributed by atoms with Gasteiger partial charge in [-0.2, -0.15) is 10.5 Å².